The molecule has 8 heteroatoms. The molecule has 1 aromatic carbocycles. The van der Waals surface area contributed by atoms with Crippen LogP contribution in [0.1, 0.15) is 29.8 Å². The van der Waals surface area contributed by atoms with Crippen molar-refractivity contribution in [2.24, 2.45) is 0 Å². The van der Waals surface area contributed by atoms with E-state index < -0.39 is 12.6 Å². The summed E-state index contributed by atoms with van der Waals surface area (Å²) in [7, 11) is 0. The molecule has 2 aromatic rings. The van der Waals surface area contributed by atoms with E-state index in [1.165, 1.54) is 18.3 Å². The summed E-state index contributed by atoms with van der Waals surface area (Å²) in [6.45, 7) is 1.27. The molecule has 0 fully saturated rings. The third kappa shape index (κ3) is 6.56. The molecule has 0 saturated heterocycles. The minimum absolute atomic E-state index is 0.134. The zero-order valence-electron chi connectivity index (χ0n) is 14.2. The molecule has 1 unspecified atom stereocenters. The number of nitrogens with one attached hydrogen (secondary N) is 2. The Kier molecular flexibility index (Phi) is 7.16. The Morgan fingerprint density at radius 1 is 1.23 bits per heavy atom. The minimum Gasteiger partial charge on any atom is -0.482 e. The van der Waals surface area contributed by atoms with Crippen molar-refractivity contribution in [3.63, 3.8) is 0 Å². The van der Waals surface area contributed by atoms with E-state index in [9.17, 15) is 14.4 Å². The van der Waals surface area contributed by atoms with Crippen LogP contribution in [0.3, 0.4) is 0 Å². The quantitative estimate of drug-likeness (QED) is 0.622. The van der Waals surface area contributed by atoms with Crippen LogP contribution >= 0.6 is 11.3 Å². The lowest BCUT2D eigenvalue weighted by atomic mass is 10.1. The number of carbonyl (C=O) groups is 3. The van der Waals surface area contributed by atoms with Crippen molar-refractivity contribution < 1.29 is 24.2 Å². The lowest BCUT2D eigenvalue weighted by Crippen LogP contribution is -2.32. The van der Waals surface area contributed by atoms with E-state index in [0.717, 1.165) is 10.4 Å². The van der Waals surface area contributed by atoms with Gasteiger partial charge in [-0.1, -0.05) is 18.2 Å². The average molecular weight is 376 g/mol. The first-order valence-electron chi connectivity index (χ1n) is 7.95. The van der Waals surface area contributed by atoms with E-state index in [1.807, 2.05) is 17.5 Å². The summed E-state index contributed by atoms with van der Waals surface area (Å²) < 4.78 is 5.11. The number of hydrogen-bond acceptors (Lipinski definition) is 5. The van der Waals surface area contributed by atoms with Crippen LogP contribution in [0, 0.1) is 0 Å². The van der Waals surface area contributed by atoms with E-state index in [4.69, 9.17) is 9.84 Å². The molecule has 3 N–H and O–H groups in total. The molecule has 1 atom stereocenters. The van der Waals surface area contributed by atoms with Crippen molar-refractivity contribution in [3.05, 3.63) is 52.2 Å². The number of carbonyl (C=O) groups excluding carboxylic acids is 2. The first-order valence-corrected chi connectivity index (χ1v) is 8.82. The smallest absolute Gasteiger partial charge is 0.341 e. The lowest BCUT2D eigenvalue weighted by Gasteiger charge is -2.16. The number of hydrogen-bond donors (Lipinski definition) is 3. The standard InChI is InChI=1S/C18H20N2O5S/c1-12(21)20-15(16-6-3-7-26-16)9-17(22)19-10-13-4-2-5-14(8-13)25-11-18(23)24/h2-8,15H,9-11H2,1H3,(H,19,22)(H,20,21)(H,23,24). The Hall–Kier alpha value is -2.87. The summed E-state index contributed by atoms with van der Waals surface area (Å²) >= 11 is 1.48. The summed E-state index contributed by atoms with van der Waals surface area (Å²) in [4.78, 5) is 35.1. The molecule has 1 aromatic heterocycles. The molecular formula is C18H20N2O5S. The molecule has 1 heterocycles. The number of amides is 2. The second kappa shape index (κ2) is 9.57. The van der Waals surface area contributed by atoms with E-state index in [0.29, 0.717) is 5.75 Å². The first-order chi connectivity index (χ1) is 12.4. The Morgan fingerprint density at radius 3 is 2.69 bits per heavy atom. The van der Waals surface area contributed by atoms with Crippen LogP contribution < -0.4 is 15.4 Å². The number of thiophene rings is 1. The Bertz CT molecular complexity index is 761. The van der Waals surface area contributed by atoms with Gasteiger partial charge in [0.2, 0.25) is 11.8 Å². The van der Waals surface area contributed by atoms with E-state index in [2.05, 4.69) is 10.6 Å². The zero-order chi connectivity index (χ0) is 18.9. The lowest BCUT2D eigenvalue weighted by molar-refractivity contribution is -0.139. The zero-order valence-corrected chi connectivity index (χ0v) is 15.0. The Balaban J connectivity index is 1.90. The largest absolute Gasteiger partial charge is 0.482 e. The topological polar surface area (TPSA) is 105 Å². The van der Waals surface area contributed by atoms with Gasteiger partial charge in [-0.05, 0) is 29.1 Å². The molecule has 138 valence electrons. The SMILES string of the molecule is CC(=O)NC(CC(=O)NCc1cccc(OCC(=O)O)c1)c1cccs1. The average Bonchev–Trinajstić information content (AvgIpc) is 3.12. The van der Waals surface area contributed by atoms with Gasteiger partial charge in [-0.3, -0.25) is 9.59 Å². The van der Waals surface area contributed by atoms with Crippen molar-refractivity contribution in [3.8, 4) is 5.75 Å². The van der Waals surface area contributed by atoms with Gasteiger partial charge in [0.1, 0.15) is 5.75 Å². The maximum Gasteiger partial charge on any atom is 0.341 e. The van der Waals surface area contributed by atoms with Gasteiger partial charge in [0.25, 0.3) is 0 Å². The molecule has 0 aliphatic carbocycles. The molecule has 26 heavy (non-hydrogen) atoms. The summed E-state index contributed by atoms with van der Waals surface area (Å²) in [5.41, 5.74) is 0.786. The van der Waals surface area contributed by atoms with Crippen molar-refractivity contribution >= 4 is 29.1 Å². The second-order valence-electron chi connectivity index (χ2n) is 5.58. The highest BCUT2D eigenvalue weighted by atomic mass is 32.1. The van der Waals surface area contributed by atoms with Gasteiger partial charge in [-0.15, -0.1) is 11.3 Å². The molecule has 0 radical (unpaired) electrons. The maximum absolute atomic E-state index is 12.2. The van der Waals surface area contributed by atoms with Crippen LogP contribution in [-0.4, -0.2) is 29.5 Å². The van der Waals surface area contributed by atoms with Gasteiger partial charge < -0.3 is 20.5 Å². The van der Waals surface area contributed by atoms with Gasteiger partial charge in [0.15, 0.2) is 6.61 Å². The van der Waals surface area contributed by atoms with Crippen LogP contribution in [0.4, 0.5) is 0 Å². The number of carboxylic acids is 1. The number of benzene rings is 1. The van der Waals surface area contributed by atoms with Crippen LogP contribution in [0.5, 0.6) is 5.75 Å². The van der Waals surface area contributed by atoms with Crippen LogP contribution in [0.2, 0.25) is 0 Å². The predicted molar refractivity (Wildman–Crippen MR) is 96.9 cm³/mol. The third-order valence-corrected chi connectivity index (χ3v) is 4.39. The van der Waals surface area contributed by atoms with Gasteiger partial charge in [-0.2, -0.15) is 0 Å². The van der Waals surface area contributed by atoms with Gasteiger partial charge in [0, 0.05) is 18.3 Å². The molecule has 0 saturated carbocycles. The highest BCUT2D eigenvalue weighted by Gasteiger charge is 2.17. The van der Waals surface area contributed by atoms with Crippen molar-refractivity contribution in [1.82, 2.24) is 10.6 Å². The summed E-state index contributed by atoms with van der Waals surface area (Å²) in [5.74, 6) is -1.02. The minimum atomic E-state index is -1.05. The fraction of sp³-hybridized carbons (Fsp3) is 0.278. The normalized spacial score (nSPS) is 11.4. The number of carboxylic acid groups (broad SMARTS) is 1. The summed E-state index contributed by atoms with van der Waals surface area (Å²) in [6.07, 6.45) is 0.134. The fourth-order valence-corrected chi connectivity index (χ4v) is 3.08. The number of aliphatic carboxylic acids is 1. The van der Waals surface area contributed by atoms with E-state index in [1.54, 1.807) is 24.3 Å². The Labute approximate surface area is 155 Å². The maximum atomic E-state index is 12.2. The predicted octanol–water partition coefficient (Wildman–Crippen LogP) is 2.10. The first kappa shape index (κ1) is 19.5. The van der Waals surface area contributed by atoms with Crippen LogP contribution in [-0.2, 0) is 20.9 Å². The number of rotatable bonds is 9. The highest BCUT2D eigenvalue weighted by Crippen LogP contribution is 2.22. The monoisotopic (exact) mass is 376 g/mol. The number of ether oxygens (including phenoxy) is 1. The third-order valence-electron chi connectivity index (χ3n) is 3.40. The molecular weight excluding hydrogens is 356 g/mol. The van der Waals surface area contributed by atoms with Crippen LogP contribution in [0.15, 0.2) is 41.8 Å². The van der Waals surface area contributed by atoms with E-state index in [-0.39, 0.29) is 30.8 Å². The van der Waals surface area contributed by atoms with Gasteiger partial charge in [0.05, 0.1) is 12.5 Å². The highest BCUT2D eigenvalue weighted by molar-refractivity contribution is 7.10. The molecule has 2 amide bonds. The van der Waals surface area contributed by atoms with Crippen molar-refractivity contribution in [2.75, 3.05) is 6.61 Å². The Morgan fingerprint density at radius 2 is 2.04 bits per heavy atom. The van der Waals surface area contributed by atoms with Crippen molar-refractivity contribution in [2.45, 2.75) is 25.9 Å². The van der Waals surface area contributed by atoms with Crippen LogP contribution in [0.25, 0.3) is 0 Å². The van der Waals surface area contributed by atoms with E-state index >= 15 is 0 Å². The molecule has 0 spiro atoms. The van der Waals surface area contributed by atoms with Crippen molar-refractivity contribution in [1.29, 1.82) is 0 Å². The molecule has 7 nitrogen and oxygen atoms in total. The molecule has 0 bridgehead atoms. The summed E-state index contributed by atoms with van der Waals surface area (Å²) in [5, 5.41) is 16.1. The molecule has 0 aliphatic heterocycles. The fourth-order valence-electron chi connectivity index (χ4n) is 2.31. The van der Waals surface area contributed by atoms with Gasteiger partial charge in [-0.25, -0.2) is 4.79 Å². The summed E-state index contributed by atoms with van der Waals surface area (Å²) in [6, 6.07) is 10.2. The molecule has 0 aliphatic rings. The molecule has 2 rings (SSSR count). The van der Waals surface area contributed by atoms with Gasteiger partial charge >= 0.3 is 5.97 Å². The second-order valence-corrected chi connectivity index (χ2v) is 6.56.